The van der Waals surface area contributed by atoms with E-state index in [0.29, 0.717) is 6.04 Å². The summed E-state index contributed by atoms with van der Waals surface area (Å²) in [7, 11) is 1.35. The van der Waals surface area contributed by atoms with E-state index in [1.807, 2.05) is 0 Å². The van der Waals surface area contributed by atoms with Gasteiger partial charge < -0.3 is 10.1 Å². The van der Waals surface area contributed by atoms with Crippen molar-refractivity contribution in [3.8, 4) is 0 Å². The van der Waals surface area contributed by atoms with Crippen LogP contribution in [0.3, 0.4) is 0 Å². The summed E-state index contributed by atoms with van der Waals surface area (Å²) in [6.07, 6.45) is 3.69. The number of nitrogens with zero attached hydrogens (tertiary/aromatic N) is 1. The highest BCUT2D eigenvalue weighted by Crippen LogP contribution is 2.33. The predicted octanol–water partition coefficient (Wildman–Crippen LogP) is 1.32. The monoisotopic (exact) mass is 282 g/mol. The van der Waals surface area contributed by atoms with Gasteiger partial charge in [-0.25, -0.2) is 0 Å². The molecule has 1 saturated heterocycles. The van der Waals surface area contributed by atoms with E-state index in [-0.39, 0.29) is 24.3 Å². The number of carbonyl (C=O) groups is 2. The molecule has 2 atom stereocenters. The Morgan fingerprint density at radius 1 is 1.35 bits per heavy atom. The summed E-state index contributed by atoms with van der Waals surface area (Å²) in [5, 5.41) is 3.10. The summed E-state index contributed by atoms with van der Waals surface area (Å²) in [5.41, 5.74) is -0.719. The van der Waals surface area contributed by atoms with E-state index in [1.165, 1.54) is 20.0 Å². The number of rotatable bonds is 5. The molecule has 114 valence electrons. The maximum atomic E-state index is 12.3. The van der Waals surface area contributed by atoms with Crippen LogP contribution in [-0.4, -0.2) is 48.6 Å². The van der Waals surface area contributed by atoms with Crippen LogP contribution < -0.4 is 5.32 Å². The van der Waals surface area contributed by atoms with E-state index >= 15 is 0 Å². The molecule has 20 heavy (non-hydrogen) atoms. The standard InChI is InChI=1S/C15H26N2O3/c1-10-7-11(9-17(10)12-5-6-12)16-14(19)15(2,3)8-13(18)20-4/h10-12H,5-9H2,1-4H3,(H,16,19)/t10-,11-/m1/s1. The molecule has 5 nitrogen and oxygen atoms in total. The molecule has 0 radical (unpaired) electrons. The van der Waals surface area contributed by atoms with Gasteiger partial charge in [0.25, 0.3) is 0 Å². The topological polar surface area (TPSA) is 58.6 Å². The fraction of sp³-hybridized carbons (Fsp3) is 0.867. The number of carbonyl (C=O) groups excluding carboxylic acids is 2. The first-order valence-electron chi connectivity index (χ1n) is 7.47. The van der Waals surface area contributed by atoms with Gasteiger partial charge in [0.2, 0.25) is 5.91 Å². The molecule has 2 fully saturated rings. The lowest BCUT2D eigenvalue weighted by Gasteiger charge is -2.25. The predicted molar refractivity (Wildman–Crippen MR) is 76.2 cm³/mol. The highest BCUT2D eigenvalue weighted by Gasteiger charge is 2.40. The van der Waals surface area contributed by atoms with E-state index in [0.717, 1.165) is 19.0 Å². The van der Waals surface area contributed by atoms with Gasteiger partial charge in [0.15, 0.2) is 0 Å². The third-order valence-corrected chi connectivity index (χ3v) is 4.40. The molecule has 0 aromatic heterocycles. The van der Waals surface area contributed by atoms with Crippen LogP contribution in [0.15, 0.2) is 0 Å². The van der Waals surface area contributed by atoms with Crippen molar-refractivity contribution in [3.05, 3.63) is 0 Å². The van der Waals surface area contributed by atoms with Crippen LogP contribution in [0.2, 0.25) is 0 Å². The Kier molecular flexibility index (Phi) is 4.37. The maximum absolute atomic E-state index is 12.3. The maximum Gasteiger partial charge on any atom is 0.306 e. The van der Waals surface area contributed by atoms with Crippen molar-refractivity contribution in [1.29, 1.82) is 0 Å². The fourth-order valence-corrected chi connectivity index (χ4v) is 2.97. The van der Waals surface area contributed by atoms with Crippen LogP contribution in [-0.2, 0) is 14.3 Å². The molecule has 1 N–H and O–H groups in total. The smallest absolute Gasteiger partial charge is 0.306 e. The molecule has 0 bridgehead atoms. The van der Waals surface area contributed by atoms with E-state index in [4.69, 9.17) is 0 Å². The van der Waals surface area contributed by atoms with Crippen LogP contribution in [0.5, 0.6) is 0 Å². The van der Waals surface area contributed by atoms with Crippen molar-refractivity contribution in [3.63, 3.8) is 0 Å². The van der Waals surface area contributed by atoms with Gasteiger partial charge in [0, 0.05) is 24.7 Å². The van der Waals surface area contributed by atoms with Gasteiger partial charge in [-0.3, -0.25) is 14.5 Å². The molecular formula is C15H26N2O3. The normalized spacial score (nSPS) is 27.4. The van der Waals surface area contributed by atoms with E-state index in [1.54, 1.807) is 13.8 Å². The number of ether oxygens (including phenoxy) is 1. The highest BCUT2D eigenvalue weighted by molar-refractivity contribution is 5.86. The lowest BCUT2D eigenvalue weighted by molar-refractivity contribution is -0.147. The molecule has 1 amide bonds. The Hall–Kier alpha value is -1.10. The number of esters is 1. The van der Waals surface area contributed by atoms with Crippen molar-refractivity contribution in [2.75, 3.05) is 13.7 Å². The van der Waals surface area contributed by atoms with Gasteiger partial charge in [0.05, 0.1) is 18.9 Å². The number of methoxy groups -OCH3 is 1. The molecule has 0 spiro atoms. The van der Waals surface area contributed by atoms with Crippen molar-refractivity contribution in [1.82, 2.24) is 10.2 Å². The molecule has 2 aliphatic rings. The average Bonchev–Trinajstić information content (AvgIpc) is 3.13. The summed E-state index contributed by atoms with van der Waals surface area (Å²) in [6, 6.07) is 1.47. The van der Waals surface area contributed by atoms with E-state index < -0.39 is 5.41 Å². The van der Waals surface area contributed by atoms with Gasteiger partial charge in [-0.15, -0.1) is 0 Å². The summed E-state index contributed by atoms with van der Waals surface area (Å²) < 4.78 is 4.65. The number of likely N-dealkylation sites (tertiary alicyclic amines) is 1. The first-order chi connectivity index (χ1) is 9.33. The van der Waals surface area contributed by atoms with Gasteiger partial charge in [-0.05, 0) is 26.2 Å². The van der Waals surface area contributed by atoms with Gasteiger partial charge in [-0.1, -0.05) is 13.8 Å². The Morgan fingerprint density at radius 2 is 2.00 bits per heavy atom. The molecule has 1 saturated carbocycles. The van der Waals surface area contributed by atoms with Crippen LogP contribution in [0.1, 0.15) is 46.5 Å². The Labute approximate surface area is 121 Å². The Balaban J connectivity index is 1.86. The SMILES string of the molecule is COC(=O)CC(C)(C)C(=O)N[C@@H]1C[C@@H](C)N(C2CC2)C1. The quantitative estimate of drug-likeness (QED) is 0.773. The zero-order chi connectivity index (χ0) is 14.9. The zero-order valence-corrected chi connectivity index (χ0v) is 12.9. The second-order valence-electron chi connectivity index (χ2n) is 6.82. The fourth-order valence-electron chi connectivity index (χ4n) is 2.97. The van der Waals surface area contributed by atoms with Crippen LogP contribution in [0.25, 0.3) is 0 Å². The van der Waals surface area contributed by atoms with Crippen molar-refractivity contribution in [2.45, 2.75) is 64.6 Å². The minimum absolute atomic E-state index is 0.0576. The summed E-state index contributed by atoms with van der Waals surface area (Å²) in [6.45, 7) is 6.74. The molecular weight excluding hydrogens is 256 g/mol. The molecule has 1 heterocycles. The van der Waals surface area contributed by atoms with Crippen molar-refractivity contribution in [2.24, 2.45) is 5.41 Å². The van der Waals surface area contributed by atoms with Gasteiger partial charge in [0.1, 0.15) is 0 Å². The lowest BCUT2D eigenvalue weighted by Crippen LogP contribution is -2.45. The first-order valence-corrected chi connectivity index (χ1v) is 7.47. The van der Waals surface area contributed by atoms with Crippen LogP contribution in [0, 0.1) is 5.41 Å². The molecule has 5 heteroatoms. The number of hydrogen-bond acceptors (Lipinski definition) is 4. The van der Waals surface area contributed by atoms with Crippen LogP contribution in [0.4, 0.5) is 0 Å². The lowest BCUT2D eigenvalue weighted by atomic mass is 9.88. The van der Waals surface area contributed by atoms with Gasteiger partial charge >= 0.3 is 5.97 Å². The zero-order valence-electron chi connectivity index (χ0n) is 12.9. The Morgan fingerprint density at radius 3 is 2.55 bits per heavy atom. The molecule has 1 aliphatic heterocycles. The van der Waals surface area contributed by atoms with Gasteiger partial charge in [-0.2, -0.15) is 0 Å². The third kappa shape index (κ3) is 3.51. The number of nitrogens with one attached hydrogen (secondary N) is 1. The average molecular weight is 282 g/mol. The third-order valence-electron chi connectivity index (χ3n) is 4.40. The van der Waals surface area contributed by atoms with Crippen molar-refractivity contribution >= 4 is 11.9 Å². The minimum Gasteiger partial charge on any atom is -0.469 e. The second-order valence-corrected chi connectivity index (χ2v) is 6.82. The number of hydrogen-bond donors (Lipinski definition) is 1. The number of amides is 1. The molecule has 1 aliphatic carbocycles. The van der Waals surface area contributed by atoms with Crippen LogP contribution >= 0.6 is 0 Å². The van der Waals surface area contributed by atoms with E-state index in [9.17, 15) is 9.59 Å². The molecule has 0 aromatic carbocycles. The largest absolute Gasteiger partial charge is 0.469 e. The minimum atomic E-state index is -0.719. The van der Waals surface area contributed by atoms with Crippen molar-refractivity contribution < 1.29 is 14.3 Å². The summed E-state index contributed by atoms with van der Waals surface area (Å²) in [5.74, 6) is -0.401. The summed E-state index contributed by atoms with van der Waals surface area (Å²) in [4.78, 5) is 26.2. The Bertz CT molecular complexity index is 391. The molecule has 0 aromatic rings. The van der Waals surface area contributed by atoms with E-state index in [2.05, 4.69) is 21.9 Å². The molecule has 0 unspecified atom stereocenters. The second kappa shape index (κ2) is 5.72. The molecule has 2 rings (SSSR count). The highest BCUT2D eigenvalue weighted by atomic mass is 16.5. The first kappa shape index (κ1) is 15.3. The summed E-state index contributed by atoms with van der Waals surface area (Å²) >= 11 is 0.